The van der Waals surface area contributed by atoms with E-state index in [0.717, 1.165) is 29.8 Å². The number of thiol groups is 1. The van der Waals surface area contributed by atoms with Crippen molar-refractivity contribution in [2.45, 2.75) is 18.9 Å². The van der Waals surface area contributed by atoms with E-state index in [-0.39, 0.29) is 6.04 Å². The fourth-order valence-corrected chi connectivity index (χ4v) is 1.45. The van der Waals surface area contributed by atoms with Gasteiger partial charge >= 0.3 is 0 Å². The summed E-state index contributed by atoms with van der Waals surface area (Å²) in [5.74, 6) is 0. The molecule has 0 aromatic rings. The van der Waals surface area contributed by atoms with Crippen LogP contribution in [0.25, 0.3) is 0 Å². The molecule has 58 valence electrons. The predicted octanol–water partition coefficient (Wildman–Crippen LogP) is 1.21. The summed E-state index contributed by atoms with van der Waals surface area (Å²) in [6.45, 7) is 1.92. The lowest BCUT2D eigenvalue weighted by Gasteiger charge is -2.32. The van der Waals surface area contributed by atoms with Crippen LogP contribution < -0.4 is 0 Å². The molecule has 0 aliphatic carbocycles. The summed E-state index contributed by atoms with van der Waals surface area (Å²) in [6.07, 6.45) is 1.78. The maximum absolute atomic E-state index is 10.1. The van der Waals surface area contributed by atoms with Gasteiger partial charge in [0.1, 0.15) is 6.04 Å². The molecule has 0 N–H and O–H groups in total. The van der Waals surface area contributed by atoms with E-state index in [1.54, 1.807) is 0 Å². The van der Waals surface area contributed by atoms with Crippen LogP contribution in [0.2, 0.25) is 0 Å². The van der Waals surface area contributed by atoms with Crippen molar-refractivity contribution in [2.75, 3.05) is 20.1 Å². The van der Waals surface area contributed by atoms with Crippen molar-refractivity contribution >= 4 is 12.8 Å². The van der Waals surface area contributed by atoms with Crippen LogP contribution in [0, 0.1) is 4.91 Å². The van der Waals surface area contributed by atoms with Gasteiger partial charge in [0.2, 0.25) is 0 Å². The molecular formula is C6H13N2OS+. The van der Waals surface area contributed by atoms with E-state index in [1.165, 1.54) is 0 Å². The van der Waals surface area contributed by atoms with E-state index in [0.29, 0.717) is 0 Å². The minimum atomic E-state index is 0.0540. The summed E-state index contributed by atoms with van der Waals surface area (Å²) in [7, 11) is 2.06. The second-order valence-corrected chi connectivity index (χ2v) is 4.09. The Morgan fingerprint density at radius 1 is 1.50 bits per heavy atom. The monoisotopic (exact) mass is 161 g/mol. The zero-order valence-electron chi connectivity index (χ0n) is 6.16. The van der Waals surface area contributed by atoms with E-state index < -0.39 is 0 Å². The molecule has 0 atom stereocenters. The van der Waals surface area contributed by atoms with Crippen molar-refractivity contribution in [3.8, 4) is 0 Å². The summed E-state index contributed by atoms with van der Waals surface area (Å²) in [4.78, 5) is 10.1. The Labute approximate surface area is 66.5 Å². The van der Waals surface area contributed by atoms with Crippen LogP contribution in [0.5, 0.6) is 0 Å². The molecule has 0 bridgehead atoms. The van der Waals surface area contributed by atoms with Crippen molar-refractivity contribution in [3.63, 3.8) is 0 Å². The Morgan fingerprint density at radius 2 is 2.00 bits per heavy atom. The molecule has 1 fully saturated rings. The minimum Gasteiger partial charge on any atom is -0.266 e. The smallest absolute Gasteiger partial charge is 0.103 e. The van der Waals surface area contributed by atoms with Crippen LogP contribution in [0.15, 0.2) is 5.18 Å². The minimum absolute atomic E-state index is 0.0540. The summed E-state index contributed by atoms with van der Waals surface area (Å²) < 4.78 is 0.742. The molecule has 1 aliphatic rings. The van der Waals surface area contributed by atoms with E-state index in [9.17, 15) is 4.91 Å². The zero-order valence-corrected chi connectivity index (χ0v) is 7.05. The molecule has 1 saturated heterocycles. The Balaban J connectivity index is 2.38. The normalized spacial score (nSPS) is 41.2. The number of hydrogen-bond donors (Lipinski definition) is 1. The molecular weight excluding hydrogens is 148 g/mol. The van der Waals surface area contributed by atoms with Gasteiger partial charge in [-0.05, 0) is 0 Å². The molecule has 0 amide bonds. The summed E-state index contributed by atoms with van der Waals surface area (Å²) in [5, 5.41) is 3.02. The van der Waals surface area contributed by atoms with E-state index in [4.69, 9.17) is 0 Å². The van der Waals surface area contributed by atoms with Gasteiger partial charge < -0.3 is 0 Å². The number of likely N-dealkylation sites (tertiary alicyclic amines) is 1. The van der Waals surface area contributed by atoms with Gasteiger partial charge in [-0.1, -0.05) is 5.18 Å². The highest BCUT2D eigenvalue weighted by Crippen LogP contribution is 2.20. The van der Waals surface area contributed by atoms with Crippen LogP contribution in [0.1, 0.15) is 12.8 Å². The number of nitrogens with zero attached hydrogens (tertiary/aromatic N) is 2. The molecule has 0 aromatic carbocycles. The lowest BCUT2D eigenvalue weighted by molar-refractivity contribution is -0.776. The maximum atomic E-state index is 10.1. The first-order valence-electron chi connectivity index (χ1n) is 3.54. The highest BCUT2D eigenvalue weighted by molar-refractivity contribution is 7.74. The van der Waals surface area contributed by atoms with E-state index >= 15 is 0 Å². The standard InChI is InChI=1S/C6H13N2OS/c1-8(10)4-2-6(7-9)3-5-8/h6,10H,2-5H2,1H3/q+1. The second kappa shape index (κ2) is 2.88. The van der Waals surface area contributed by atoms with Crippen molar-refractivity contribution in [2.24, 2.45) is 5.18 Å². The number of quaternary nitrogens is 1. The van der Waals surface area contributed by atoms with Crippen molar-refractivity contribution in [1.29, 1.82) is 0 Å². The summed E-state index contributed by atoms with van der Waals surface area (Å²) in [6, 6.07) is 0.0540. The van der Waals surface area contributed by atoms with Crippen LogP contribution in [-0.2, 0) is 0 Å². The Kier molecular flexibility index (Phi) is 2.31. The third kappa shape index (κ3) is 1.95. The molecule has 0 saturated carbocycles. The molecule has 4 heteroatoms. The fourth-order valence-electron chi connectivity index (χ4n) is 1.22. The Hall–Kier alpha value is -0.0900. The van der Waals surface area contributed by atoms with Crippen LogP contribution in [0.3, 0.4) is 0 Å². The number of rotatable bonds is 1. The largest absolute Gasteiger partial charge is 0.266 e. The average molecular weight is 161 g/mol. The highest BCUT2D eigenvalue weighted by atomic mass is 32.1. The van der Waals surface area contributed by atoms with Crippen molar-refractivity contribution in [3.05, 3.63) is 4.91 Å². The predicted molar refractivity (Wildman–Crippen MR) is 43.7 cm³/mol. The lowest BCUT2D eigenvalue weighted by atomic mass is 10.1. The topological polar surface area (TPSA) is 29.4 Å². The molecule has 0 unspecified atom stereocenters. The zero-order chi connectivity index (χ0) is 7.61. The van der Waals surface area contributed by atoms with Gasteiger partial charge in [0, 0.05) is 12.8 Å². The third-order valence-electron chi connectivity index (χ3n) is 2.04. The van der Waals surface area contributed by atoms with Crippen molar-refractivity contribution in [1.82, 2.24) is 0 Å². The van der Waals surface area contributed by atoms with Gasteiger partial charge in [-0.25, -0.2) is 0 Å². The SMILES string of the molecule is C[N+]1(S)CCC(N=O)CC1. The van der Waals surface area contributed by atoms with Crippen LogP contribution in [-0.4, -0.2) is 30.1 Å². The molecule has 1 aliphatic heterocycles. The van der Waals surface area contributed by atoms with Crippen molar-refractivity contribution < 1.29 is 3.89 Å². The quantitative estimate of drug-likeness (QED) is 0.349. The fraction of sp³-hybridized carbons (Fsp3) is 1.00. The van der Waals surface area contributed by atoms with Gasteiger partial charge in [0.05, 0.1) is 33.0 Å². The summed E-state index contributed by atoms with van der Waals surface area (Å²) in [5.41, 5.74) is 0. The first-order valence-corrected chi connectivity index (χ1v) is 3.94. The van der Waals surface area contributed by atoms with Crippen LogP contribution in [0.4, 0.5) is 0 Å². The second-order valence-electron chi connectivity index (χ2n) is 3.12. The molecule has 1 rings (SSSR count). The van der Waals surface area contributed by atoms with Gasteiger partial charge in [-0.15, -0.1) is 0 Å². The molecule has 3 nitrogen and oxygen atoms in total. The number of nitroso groups, excluding NO2 is 1. The Bertz CT molecular complexity index is 128. The molecule has 0 radical (unpaired) electrons. The molecule has 1 heterocycles. The van der Waals surface area contributed by atoms with E-state index in [1.807, 2.05) is 0 Å². The maximum Gasteiger partial charge on any atom is 0.103 e. The van der Waals surface area contributed by atoms with Gasteiger partial charge in [-0.2, -0.15) is 4.91 Å². The summed E-state index contributed by atoms with van der Waals surface area (Å²) >= 11 is 4.39. The van der Waals surface area contributed by atoms with Gasteiger partial charge in [-0.3, -0.25) is 3.89 Å². The Morgan fingerprint density at radius 3 is 2.40 bits per heavy atom. The molecule has 0 aromatic heterocycles. The third-order valence-corrected chi connectivity index (χ3v) is 2.44. The van der Waals surface area contributed by atoms with Gasteiger partial charge in [0.15, 0.2) is 0 Å². The number of hydrogen-bond acceptors (Lipinski definition) is 3. The average Bonchev–Trinajstić information content (AvgIpc) is 1.88. The highest BCUT2D eigenvalue weighted by Gasteiger charge is 2.27. The first-order chi connectivity index (χ1) is 4.64. The molecule has 10 heavy (non-hydrogen) atoms. The lowest BCUT2D eigenvalue weighted by Crippen LogP contribution is -2.42. The van der Waals surface area contributed by atoms with Crippen LogP contribution >= 0.6 is 12.8 Å². The van der Waals surface area contributed by atoms with Gasteiger partial charge in [0.25, 0.3) is 0 Å². The van der Waals surface area contributed by atoms with E-state index in [2.05, 4.69) is 25.0 Å². The first kappa shape index (κ1) is 8.01. The number of piperidine rings is 1. The molecule has 0 spiro atoms.